The number of amides is 1. The summed E-state index contributed by atoms with van der Waals surface area (Å²) in [7, 11) is 4.91. The van der Waals surface area contributed by atoms with Gasteiger partial charge in [0.2, 0.25) is 11.9 Å². The summed E-state index contributed by atoms with van der Waals surface area (Å²) in [5, 5.41) is 10.5. The Kier molecular flexibility index (Phi) is 9.35. The Balaban J connectivity index is 0.00000228. The summed E-state index contributed by atoms with van der Waals surface area (Å²) in [6, 6.07) is 3.94. The SMILES string of the molecule is C.C.COc1cc(F)ccc1Cn1cc(CNc2nc(C)c3c(n2)N(C)[C@@H]([C@@H](C)OC)C(=O)N3)cn1. The van der Waals surface area contributed by atoms with E-state index in [2.05, 4.69) is 25.7 Å². The van der Waals surface area contributed by atoms with Gasteiger partial charge in [-0.3, -0.25) is 9.48 Å². The standard InChI is InChI=1S/C23H28FN7O3.2CH4/c1-13-19-21(30(3)20(14(2)33-4)22(32)28-19)29-23(27-13)25-9-15-10-26-31(11-15)12-16-6-7-17(24)8-18(16)34-5;;/h6-8,10-11,14,20H,9,12H2,1-5H3,(H,28,32)(H,25,27,29);2*1H4/t14-,20+;;/m1../s1. The summed E-state index contributed by atoms with van der Waals surface area (Å²) in [6.45, 7) is 4.57. The van der Waals surface area contributed by atoms with Gasteiger partial charge in [0.15, 0.2) is 5.82 Å². The molecular formula is C25H36FN7O3. The molecule has 1 amide bonds. The maximum absolute atomic E-state index is 13.4. The Morgan fingerprint density at radius 3 is 2.69 bits per heavy atom. The number of anilines is 3. The van der Waals surface area contributed by atoms with Gasteiger partial charge in [-0.1, -0.05) is 20.9 Å². The van der Waals surface area contributed by atoms with E-state index in [0.29, 0.717) is 42.0 Å². The molecule has 36 heavy (non-hydrogen) atoms. The van der Waals surface area contributed by atoms with E-state index >= 15 is 0 Å². The van der Waals surface area contributed by atoms with Crippen molar-refractivity contribution < 1.29 is 18.7 Å². The number of benzene rings is 1. The van der Waals surface area contributed by atoms with Crippen molar-refractivity contribution in [3.8, 4) is 5.75 Å². The number of aromatic nitrogens is 4. The van der Waals surface area contributed by atoms with Crippen molar-refractivity contribution in [1.82, 2.24) is 19.7 Å². The van der Waals surface area contributed by atoms with Gasteiger partial charge >= 0.3 is 0 Å². The summed E-state index contributed by atoms with van der Waals surface area (Å²) in [5.74, 6) is 1.05. The van der Waals surface area contributed by atoms with E-state index in [1.165, 1.54) is 19.2 Å². The highest BCUT2D eigenvalue weighted by Crippen LogP contribution is 2.33. The second-order valence-corrected chi connectivity index (χ2v) is 8.17. The monoisotopic (exact) mass is 501 g/mol. The Morgan fingerprint density at radius 1 is 1.25 bits per heavy atom. The zero-order valence-electron chi connectivity index (χ0n) is 19.8. The minimum Gasteiger partial charge on any atom is -0.496 e. The first-order valence-electron chi connectivity index (χ1n) is 10.8. The molecule has 4 rings (SSSR count). The van der Waals surface area contributed by atoms with Gasteiger partial charge in [-0.15, -0.1) is 0 Å². The Bertz CT molecular complexity index is 1200. The topological polar surface area (TPSA) is 106 Å². The lowest BCUT2D eigenvalue weighted by molar-refractivity contribution is -0.120. The first kappa shape index (κ1) is 28.5. The second kappa shape index (κ2) is 11.8. The van der Waals surface area contributed by atoms with Crippen molar-refractivity contribution in [2.75, 3.05) is 36.8 Å². The van der Waals surface area contributed by atoms with Crippen LogP contribution in [0.1, 0.15) is 38.6 Å². The van der Waals surface area contributed by atoms with Crippen LogP contribution in [0, 0.1) is 12.7 Å². The van der Waals surface area contributed by atoms with Crippen LogP contribution in [0.15, 0.2) is 30.6 Å². The molecular weight excluding hydrogens is 465 g/mol. The van der Waals surface area contributed by atoms with Crippen molar-refractivity contribution >= 4 is 23.4 Å². The van der Waals surface area contributed by atoms with Gasteiger partial charge < -0.3 is 25.0 Å². The predicted octanol–water partition coefficient (Wildman–Crippen LogP) is 3.85. The molecule has 196 valence electrons. The van der Waals surface area contributed by atoms with Crippen molar-refractivity contribution in [3.63, 3.8) is 0 Å². The summed E-state index contributed by atoms with van der Waals surface area (Å²) in [4.78, 5) is 23.5. The third-order valence-electron chi connectivity index (χ3n) is 5.87. The third kappa shape index (κ3) is 5.73. The first-order chi connectivity index (χ1) is 16.3. The molecule has 0 unspecified atom stereocenters. The molecule has 0 saturated carbocycles. The van der Waals surface area contributed by atoms with E-state index < -0.39 is 6.04 Å². The number of carbonyl (C=O) groups excluding carboxylic acids is 1. The van der Waals surface area contributed by atoms with Crippen LogP contribution in [-0.4, -0.2) is 59.1 Å². The molecule has 0 fully saturated rings. The number of likely N-dealkylation sites (N-methyl/N-ethyl adjacent to an activating group) is 1. The molecule has 0 bridgehead atoms. The number of methoxy groups -OCH3 is 2. The van der Waals surface area contributed by atoms with Gasteiger partial charge in [-0.2, -0.15) is 10.1 Å². The van der Waals surface area contributed by atoms with E-state index in [4.69, 9.17) is 9.47 Å². The third-order valence-corrected chi connectivity index (χ3v) is 5.87. The Labute approximate surface area is 211 Å². The number of ether oxygens (including phenoxy) is 2. The fraction of sp³-hybridized carbons (Fsp3) is 0.440. The van der Waals surface area contributed by atoms with Crippen molar-refractivity contribution in [2.24, 2.45) is 0 Å². The number of hydrogen-bond donors (Lipinski definition) is 2. The molecule has 2 N–H and O–H groups in total. The molecule has 0 radical (unpaired) electrons. The van der Waals surface area contributed by atoms with E-state index in [1.54, 1.807) is 24.1 Å². The zero-order valence-corrected chi connectivity index (χ0v) is 19.8. The van der Waals surface area contributed by atoms with E-state index in [1.807, 2.05) is 32.0 Å². The number of nitrogens with zero attached hydrogens (tertiary/aromatic N) is 5. The number of aryl methyl sites for hydroxylation is 1. The molecule has 1 aromatic carbocycles. The number of fused-ring (bicyclic) bond motifs is 1. The van der Waals surface area contributed by atoms with Crippen molar-refractivity contribution in [2.45, 2.75) is 53.9 Å². The van der Waals surface area contributed by atoms with Gasteiger partial charge in [0.05, 0.1) is 31.6 Å². The molecule has 1 aliphatic heterocycles. The summed E-state index contributed by atoms with van der Waals surface area (Å²) >= 11 is 0. The molecule has 3 heterocycles. The molecule has 11 heteroatoms. The smallest absolute Gasteiger partial charge is 0.249 e. The Morgan fingerprint density at radius 2 is 2.00 bits per heavy atom. The highest BCUT2D eigenvalue weighted by atomic mass is 19.1. The van der Waals surface area contributed by atoms with Crippen LogP contribution >= 0.6 is 0 Å². The highest BCUT2D eigenvalue weighted by Gasteiger charge is 2.37. The second-order valence-electron chi connectivity index (χ2n) is 8.17. The minimum absolute atomic E-state index is 0. The molecule has 2 atom stereocenters. The maximum Gasteiger partial charge on any atom is 0.249 e. The van der Waals surface area contributed by atoms with Crippen molar-refractivity contribution in [3.05, 3.63) is 53.2 Å². The van der Waals surface area contributed by atoms with E-state index in [0.717, 1.165) is 11.1 Å². The van der Waals surface area contributed by atoms with Gasteiger partial charge in [-0.25, -0.2) is 9.37 Å². The number of halogens is 1. The van der Waals surface area contributed by atoms with Crippen LogP contribution < -0.4 is 20.3 Å². The van der Waals surface area contributed by atoms with Crippen molar-refractivity contribution in [1.29, 1.82) is 0 Å². The maximum atomic E-state index is 13.4. The van der Waals surface area contributed by atoms with Gasteiger partial charge in [0.25, 0.3) is 0 Å². The lowest BCUT2D eigenvalue weighted by atomic mass is 10.1. The zero-order chi connectivity index (χ0) is 24.4. The normalized spacial score (nSPS) is 15.2. The van der Waals surface area contributed by atoms with Crippen LogP contribution in [0.4, 0.5) is 21.8 Å². The minimum atomic E-state index is -0.499. The van der Waals surface area contributed by atoms with Gasteiger partial charge in [0, 0.05) is 44.1 Å². The van der Waals surface area contributed by atoms with Gasteiger partial charge in [-0.05, 0) is 19.9 Å². The quantitative estimate of drug-likeness (QED) is 0.479. The van der Waals surface area contributed by atoms with Gasteiger partial charge in [0.1, 0.15) is 23.3 Å². The first-order valence-corrected chi connectivity index (χ1v) is 10.8. The predicted molar refractivity (Wildman–Crippen MR) is 139 cm³/mol. The molecule has 3 aromatic rings. The lowest BCUT2D eigenvalue weighted by Crippen LogP contribution is -2.53. The number of hydrogen-bond acceptors (Lipinski definition) is 8. The molecule has 0 saturated heterocycles. The van der Waals surface area contributed by atoms with E-state index in [9.17, 15) is 9.18 Å². The average molecular weight is 502 g/mol. The summed E-state index contributed by atoms with van der Waals surface area (Å²) in [6.07, 6.45) is 3.33. The number of rotatable bonds is 8. The van der Waals surface area contributed by atoms with Crippen LogP contribution in [0.25, 0.3) is 0 Å². The van der Waals surface area contributed by atoms with Crippen LogP contribution in [-0.2, 0) is 22.6 Å². The van der Waals surface area contributed by atoms with Crippen LogP contribution in [0.5, 0.6) is 5.75 Å². The fourth-order valence-corrected chi connectivity index (χ4v) is 3.99. The molecule has 2 aromatic heterocycles. The summed E-state index contributed by atoms with van der Waals surface area (Å²) in [5.41, 5.74) is 3.01. The highest BCUT2D eigenvalue weighted by molar-refractivity contribution is 6.03. The molecule has 0 aliphatic carbocycles. The fourth-order valence-electron chi connectivity index (χ4n) is 3.99. The lowest BCUT2D eigenvalue weighted by Gasteiger charge is -2.37. The molecule has 10 nitrogen and oxygen atoms in total. The summed E-state index contributed by atoms with van der Waals surface area (Å²) < 4.78 is 25.8. The Hall–Kier alpha value is -3.73. The number of carbonyl (C=O) groups is 1. The number of nitrogens with one attached hydrogen (secondary N) is 2. The molecule has 0 spiro atoms. The van der Waals surface area contributed by atoms with Crippen LogP contribution in [0.3, 0.4) is 0 Å². The molecule has 1 aliphatic rings. The van der Waals surface area contributed by atoms with E-state index in [-0.39, 0.29) is 32.7 Å². The average Bonchev–Trinajstić information content (AvgIpc) is 3.26. The largest absolute Gasteiger partial charge is 0.496 e. The van der Waals surface area contributed by atoms with Crippen LogP contribution in [0.2, 0.25) is 0 Å².